The van der Waals surface area contributed by atoms with Crippen LogP contribution in [0.1, 0.15) is 35.2 Å². The molecule has 0 saturated carbocycles. The van der Waals surface area contributed by atoms with Crippen LogP contribution in [0.4, 0.5) is 5.69 Å². The molecule has 0 aliphatic carbocycles. The average molecular weight is 431 g/mol. The normalized spacial score (nSPS) is 11.9. The van der Waals surface area contributed by atoms with E-state index in [0.717, 1.165) is 26.1 Å². The minimum Gasteiger partial charge on any atom is -0.508 e. The van der Waals surface area contributed by atoms with E-state index in [-0.39, 0.29) is 17.6 Å². The molecule has 156 valence electrons. The van der Waals surface area contributed by atoms with Gasteiger partial charge in [0.15, 0.2) is 0 Å². The maximum Gasteiger partial charge on any atom is 0.249 e. The van der Waals surface area contributed by atoms with Crippen molar-refractivity contribution in [1.82, 2.24) is 0 Å². The van der Waals surface area contributed by atoms with Gasteiger partial charge in [-0.25, -0.2) is 0 Å². The molecule has 3 aromatic carbocycles. The fourth-order valence-corrected chi connectivity index (χ4v) is 4.77. The van der Waals surface area contributed by atoms with Gasteiger partial charge in [-0.05, 0) is 53.8 Å². The van der Waals surface area contributed by atoms with Gasteiger partial charge in [-0.3, -0.25) is 9.59 Å². The van der Waals surface area contributed by atoms with Crippen LogP contribution in [0.3, 0.4) is 0 Å². The van der Waals surface area contributed by atoms with Crippen molar-refractivity contribution >= 4 is 38.9 Å². The highest BCUT2D eigenvalue weighted by molar-refractivity contribution is 7.22. The van der Waals surface area contributed by atoms with Gasteiger partial charge in [0, 0.05) is 26.4 Å². The first-order valence-corrected chi connectivity index (χ1v) is 10.8. The summed E-state index contributed by atoms with van der Waals surface area (Å²) >= 11 is 1.59. The van der Waals surface area contributed by atoms with Gasteiger partial charge in [0.25, 0.3) is 0 Å². The highest BCUT2D eigenvalue weighted by atomic mass is 32.1. The number of hydrogen-bond donors (Lipinski definition) is 3. The van der Waals surface area contributed by atoms with Gasteiger partial charge >= 0.3 is 0 Å². The molecular weight excluding hydrogens is 408 g/mol. The number of benzene rings is 3. The first-order valence-electron chi connectivity index (χ1n) is 9.99. The number of carbonyl (C=O) groups excluding carboxylic acids is 2. The smallest absolute Gasteiger partial charge is 0.249 e. The summed E-state index contributed by atoms with van der Waals surface area (Å²) in [5.41, 5.74) is 8.11. The first kappa shape index (κ1) is 20.6. The van der Waals surface area contributed by atoms with Gasteiger partial charge in [-0.15, -0.1) is 11.3 Å². The second kappa shape index (κ2) is 8.62. The predicted octanol–water partition coefficient (Wildman–Crippen LogP) is 5.51. The largest absolute Gasteiger partial charge is 0.508 e. The molecule has 0 radical (unpaired) electrons. The van der Waals surface area contributed by atoms with Crippen molar-refractivity contribution in [1.29, 1.82) is 0 Å². The topological polar surface area (TPSA) is 92.4 Å². The van der Waals surface area contributed by atoms with E-state index in [4.69, 9.17) is 5.73 Å². The van der Waals surface area contributed by atoms with Crippen molar-refractivity contribution in [3.63, 3.8) is 0 Å². The lowest BCUT2D eigenvalue weighted by molar-refractivity contribution is -0.117. The van der Waals surface area contributed by atoms with Crippen LogP contribution in [-0.4, -0.2) is 16.9 Å². The molecule has 31 heavy (non-hydrogen) atoms. The van der Waals surface area contributed by atoms with Crippen molar-refractivity contribution < 1.29 is 14.7 Å². The number of aromatic hydroxyl groups is 1. The number of nitrogens with two attached hydrogens (primary N) is 1. The summed E-state index contributed by atoms with van der Waals surface area (Å²) in [4.78, 5) is 26.0. The summed E-state index contributed by atoms with van der Waals surface area (Å²) in [5, 5.41) is 13.5. The Bertz CT molecular complexity index is 1230. The van der Waals surface area contributed by atoms with E-state index in [1.807, 2.05) is 43.3 Å². The Balaban J connectivity index is 1.63. The number of carbonyl (C=O) groups is 2. The molecular formula is C25H22N2O3S. The number of hydrogen-bond acceptors (Lipinski definition) is 4. The third kappa shape index (κ3) is 4.29. The maximum absolute atomic E-state index is 12.9. The summed E-state index contributed by atoms with van der Waals surface area (Å²) in [6.45, 7) is 1.93. The SMILES string of the molecule is CCC(C(=O)Nc1ccc(-c2cc3ccccc3s2)c(C(N)=O)c1)c1ccc(O)cc1. The van der Waals surface area contributed by atoms with E-state index >= 15 is 0 Å². The number of anilines is 1. The Hall–Kier alpha value is -3.64. The minimum absolute atomic E-state index is 0.155. The Kier molecular flexibility index (Phi) is 5.73. The molecule has 0 spiro atoms. The number of amides is 2. The Morgan fingerprint density at radius 2 is 1.77 bits per heavy atom. The maximum atomic E-state index is 12.9. The fraction of sp³-hybridized carbons (Fsp3) is 0.120. The van der Waals surface area contributed by atoms with Crippen LogP contribution in [0.15, 0.2) is 72.8 Å². The molecule has 1 atom stereocenters. The first-order chi connectivity index (χ1) is 15.0. The van der Waals surface area contributed by atoms with Gasteiger partial charge < -0.3 is 16.2 Å². The standard InChI is InChI=1S/C25H22N2O3S/c1-2-19(15-7-10-18(28)11-8-15)25(30)27-17-9-12-20(21(14-17)24(26)29)23-13-16-5-3-4-6-22(16)31-23/h3-14,19,28H,2H2,1H3,(H2,26,29)(H,27,30). The van der Waals surface area contributed by atoms with Gasteiger partial charge in [-0.2, -0.15) is 0 Å². The van der Waals surface area contributed by atoms with Crippen LogP contribution in [-0.2, 0) is 4.79 Å². The van der Waals surface area contributed by atoms with E-state index < -0.39 is 5.91 Å². The van der Waals surface area contributed by atoms with Crippen LogP contribution < -0.4 is 11.1 Å². The third-order valence-corrected chi connectivity index (χ3v) is 6.41. The third-order valence-electron chi connectivity index (χ3n) is 5.26. The summed E-state index contributed by atoms with van der Waals surface area (Å²) in [7, 11) is 0. The molecule has 0 bridgehead atoms. The predicted molar refractivity (Wildman–Crippen MR) is 126 cm³/mol. The Morgan fingerprint density at radius 3 is 2.45 bits per heavy atom. The average Bonchev–Trinajstić information content (AvgIpc) is 3.19. The second-order valence-corrected chi connectivity index (χ2v) is 8.40. The molecule has 6 heteroatoms. The lowest BCUT2D eigenvalue weighted by Crippen LogP contribution is -2.21. The number of nitrogens with one attached hydrogen (secondary N) is 1. The molecule has 2 amide bonds. The quantitative estimate of drug-likeness (QED) is 0.377. The molecule has 0 aliphatic heterocycles. The fourth-order valence-electron chi connectivity index (χ4n) is 3.66. The molecule has 4 rings (SSSR count). The van der Waals surface area contributed by atoms with E-state index in [1.165, 1.54) is 0 Å². The van der Waals surface area contributed by atoms with Crippen LogP contribution in [0, 0.1) is 0 Å². The van der Waals surface area contributed by atoms with E-state index in [0.29, 0.717) is 17.7 Å². The lowest BCUT2D eigenvalue weighted by atomic mass is 9.95. The zero-order valence-corrected chi connectivity index (χ0v) is 17.8. The van der Waals surface area contributed by atoms with Crippen molar-refractivity contribution in [2.24, 2.45) is 5.73 Å². The van der Waals surface area contributed by atoms with E-state index in [9.17, 15) is 14.7 Å². The van der Waals surface area contributed by atoms with Crippen molar-refractivity contribution in [2.45, 2.75) is 19.3 Å². The molecule has 4 aromatic rings. The molecule has 0 fully saturated rings. The molecule has 5 nitrogen and oxygen atoms in total. The Morgan fingerprint density at radius 1 is 1.03 bits per heavy atom. The van der Waals surface area contributed by atoms with Crippen molar-refractivity contribution in [3.8, 4) is 16.2 Å². The van der Waals surface area contributed by atoms with Crippen LogP contribution in [0.25, 0.3) is 20.5 Å². The van der Waals surface area contributed by atoms with Crippen molar-refractivity contribution in [3.05, 3.63) is 83.9 Å². The monoisotopic (exact) mass is 430 g/mol. The summed E-state index contributed by atoms with van der Waals surface area (Å²) in [6, 6.07) is 21.9. The summed E-state index contributed by atoms with van der Waals surface area (Å²) in [5.74, 6) is -0.950. The number of phenolic OH excluding ortho intramolecular Hbond substituents is 1. The number of fused-ring (bicyclic) bond motifs is 1. The highest BCUT2D eigenvalue weighted by Crippen LogP contribution is 2.36. The zero-order valence-electron chi connectivity index (χ0n) is 17.0. The molecule has 1 heterocycles. The number of phenols is 1. The molecule has 1 aromatic heterocycles. The molecule has 1 unspecified atom stereocenters. The number of primary amides is 1. The van der Waals surface area contributed by atoms with Crippen LogP contribution >= 0.6 is 11.3 Å². The Labute approximate surface area is 184 Å². The lowest BCUT2D eigenvalue weighted by Gasteiger charge is -2.16. The zero-order chi connectivity index (χ0) is 22.0. The van der Waals surface area contributed by atoms with Gasteiger partial charge in [0.1, 0.15) is 5.75 Å². The van der Waals surface area contributed by atoms with Crippen molar-refractivity contribution in [2.75, 3.05) is 5.32 Å². The molecule has 0 aliphatic rings. The summed E-state index contributed by atoms with van der Waals surface area (Å²) < 4.78 is 1.13. The second-order valence-electron chi connectivity index (χ2n) is 7.31. The minimum atomic E-state index is -0.547. The van der Waals surface area contributed by atoms with Crippen LogP contribution in [0.2, 0.25) is 0 Å². The van der Waals surface area contributed by atoms with E-state index in [1.54, 1.807) is 47.7 Å². The molecule has 0 saturated heterocycles. The van der Waals surface area contributed by atoms with Crippen LogP contribution in [0.5, 0.6) is 5.75 Å². The molecule has 4 N–H and O–H groups in total. The highest BCUT2D eigenvalue weighted by Gasteiger charge is 2.20. The van der Waals surface area contributed by atoms with E-state index in [2.05, 4.69) is 5.32 Å². The summed E-state index contributed by atoms with van der Waals surface area (Å²) in [6.07, 6.45) is 0.596. The number of thiophene rings is 1. The van der Waals surface area contributed by atoms with Gasteiger partial charge in [-0.1, -0.05) is 43.3 Å². The number of rotatable bonds is 6. The van der Waals surface area contributed by atoms with Gasteiger partial charge in [0.2, 0.25) is 11.8 Å². The van der Waals surface area contributed by atoms with Gasteiger partial charge in [0.05, 0.1) is 5.92 Å².